The Kier molecular flexibility index (Phi) is 2.40. The first kappa shape index (κ1) is 10.7. The molecule has 1 fully saturated rings. The van der Waals surface area contributed by atoms with Gasteiger partial charge in [-0.1, -0.05) is 6.07 Å². The van der Waals surface area contributed by atoms with Crippen molar-refractivity contribution in [2.75, 3.05) is 6.54 Å². The molecule has 0 unspecified atom stereocenters. The topological polar surface area (TPSA) is 59.2 Å². The second kappa shape index (κ2) is 3.81. The standard InChI is InChI=1S/C13H17N3O/c14-13(5-2-6-13)12(17)16-8-4-11-10(9-16)3-1-7-15-11/h1,3,7H,2,4-6,8-9,14H2. The molecule has 1 amide bonds. The molecule has 4 heteroatoms. The fraction of sp³-hybridized carbons (Fsp3) is 0.538. The van der Waals surface area contributed by atoms with Crippen LogP contribution in [0.25, 0.3) is 0 Å². The van der Waals surface area contributed by atoms with E-state index >= 15 is 0 Å². The maximum absolute atomic E-state index is 12.3. The summed E-state index contributed by atoms with van der Waals surface area (Å²) < 4.78 is 0. The molecule has 17 heavy (non-hydrogen) atoms. The molecule has 2 N–H and O–H groups in total. The van der Waals surface area contributed by atoms with E-state index in [4.69, 9.17) is 5.73 Å². The van der Waals surface area contributed by atoms with Crippen LogP contribution in [-0.2, 0) is 17.8 Å². The van der Waals surface area contributed by atoms with Crippen LogP contribution in [0.3, 0.4) is 0 Å². The summed E-state index contributed by atoms with van der Waals surface area (Å²) in [5.41, 5.74) is 7.80. The third-order valence-corrected chi connectivity index (χ3v) is 3.92. The monoisotopic (exact) mass is 231 g/mol. The maximum Gasteiger partial charge on any atom is 0.242 e. The highest BCUT2D eigenvalue weighted by atomic mass is 16.2. The molecule has 2 heterocycles. The molecule has 4 nitrogen and oxygen atoms in total. The number of carbonyl (C=O) groups excluding carboxylic acids is 1. The van der Waals surface area contributed by atoms with Crippen molar-refractivity contribution in [2.45, 2.75) is 37.8 Å². The van der Waals surface area contributed by atoms with Gasteiger partial charge in [-0.3, -0.25) is 9.78 Å². The average molecular weight is 231 g/mol. The second-order valence-electron chi connectivity index (χ2n) is 5.10. The highest BCUT2D eigenvalue weighted by Gasteiger charge is 2.43. The van der Waals surface area contributed by atoms with Crippen LogP contribution in [0.15, 0.2) is 18.3 Å². The van der Waals surface area contributed by atoms with Gasteiger partial charge in [0.25, 0.3) is 0 Å². The number of aromatic nitrogens is 1. The lowest BCUT2D eigenvalue weighted by atomic mass is 9.76. The summed E-state index contributed by atoms with van der Waals surface area (Å²) in [5, 5.41) is 0. The summed E-state index contributed by atoms with van der Waals surface area (Å²) in [6, 6.07) is 3.97. The van der Waals surface area contributed by atoms with Gasteiger partial charge < -0.3 is 10.6 Å². The SMILES string of the molecule is NC1(C(=O)N2CCc3ncccc3C2)CCC1. The van der Waals surface area contributed by atoms with E-state index in [0.29, 0.717) is 6.54 Å². The van der Waals surface area contributed by atoms with Crippen LogP contribution in [0.4, 0.5) is 0 Å². The summed E-state index contributed by atoms with van der Waals surface area (Å²) in [6.45, 7) is 1.42. The number of nitrogens with zero attached hydrogens (tertiary/aromatic N) is 2. The predicted molar refractivity (Wildman–Crippen MR) is 64.1 cm³/mol. The maximum atomic E-state index is 12.3. The highest BCUT2D eigenvalue weighted by Crippen LogP contribution is 2.32. The van der Waals surface area contributed by atoms with Crippen molar-refractivity contribution >= 4 is 5.91 Å². The first-order chi connectivity index (χ1) is 8.19. The van der Waals surface area contributed by atoms with Gasteiger partial charge >= 0.3 is 0 Å². The molecule has 0 radical (unpaired) electrons. The van der Waals surface area contributed by atoms with E-state index in [-0.39, 0.29) is 5.91 Å². The van der Waals surface area contributed by atoms with Crippen molar-refractivity contribution in [3.8, 4) is 0 Å². The first-order valence-electron chi connectivity index (χ1n) is 6.20. The molecule has 3 rings (SSSR count). The largest absolute Gasteiger partial charge is 0.336 e. The molecule has 2 aliphatic rings. The van der Waals surface area contributed by atoms with Gasteiger partial charge in [0.15, 0.2) is 0 Å². The summed E-state index contributed by atoms with van der Waals surface area (Å²) in [6.07, 6.45) is 5.41. The number of amides is 1. The zero-order valence-corrected chi connectivity index (χ0v) is 9.85. The number of nitrogens with two attached hydrogens (primary N) is 1. The van der Waals surface area contributed by atoms with E-state index in [1.54, 1.807) is 0 Å². The van der Waals surface area contributed by atoms with Crippen LogP contribution in [-0.4, -0.2) is 27.9 Å². The average Bonchev–Trinajstić information content (AvgIpc) is 2.34. The van der Waals surface area contributed by atoms with Gasteiger partial charge in [-0.25, -0.2) is 0 Å². The predicted octanol–water partition coefficient (Wildman–Crippen LogP) is 0.848. The van der Waals surface area contributed by atoms with Gasteiger partial charge in [-0.2, -0.15) is 0 Å². The van der Waals surface area contributed by atoms with Crippen molar-refractivity contribution in [3.63, 3.8) is 0 Å². The summed E-state index contributed by atoms with van der Waals surface area (Å²) >= 11 is 0. The fourth-order valence-corrected chi connectivity index (χ4v) is 2.63. The zero-order chi connectivity index (χ0) is 11.9. The Labute approximate surface area is 101 Å². The summed E-state index contributed by atoms with van der Waals surface area (Å²) in [7, 11) is 0. The van der Waals surface area contributed by atoms with Crippen LogP contribution < -0.4 is 5.73 Å². The van der Waals surface area contributed by atoms with E-state index in [1.165, 1.54) is 0 Å². The molecule has 1 aromatic heterocycles. The normalized spacial score (nSPS) is 21.6. The van der Waals surface area contributed by atoms with Gasteiger partial charge in [0.1, 0.15) is 0 Å². The van der Waals surface area contributed by atoms with Gasteiger partial charge in [-0.05, 0) is 30.9 Å². The number of hydrogen-bond acceptors (Lipinski definition) is 3. The fourth-order valence-electron chi connectivity index (χ4n) is 2.63. The van der Waals surface area contributed by atoms with E-state index in [1.807, 2.05) is 23.2 Å². The van der Waals surface area contributed by atoms with Crippen molar-refractivity contribution in [2.24, 2.45) is 5.73 Å². The van der Waals surface area contributed by atoms with Gasteiger partial charge in [0.05, 0.1) is 5.54 Å². The number of rotatable bonds is 1. The Bertz CT molecular complexity index is 454. The van der Waals surface area contributed by atoms with Crippen LogP contribution in [0.2, 0.25) is 0 Å². The molecule has 0 bridgehead atoms. The zero-order valence-electron chi connectivity index (χ0n) is 9.85. The lowest BCUT2D eigenvalue weighted by molar-refractivity contribution is -0.141. The molecule has 0 saturated heterocycles. The van der Waals surface area contributed by atoms with E-state index in [2.05, 4.69) is 4.98 Å². The van der Waals surface area contributed by atoms with Crippen molar-refractivity contribution in [1.29, 1.82) is 0 Å². The van der Waals surface area contributed by atoms with Gasteiger partial charge in [0.2, 0.25) is 5.91 Å². The minimum absolute atomic E-state index is 0.123. The van der Waals surface area contributed by atoms with Crippen LogP contribution >= 0.6 is 0 Å². The quantitative estimate of drug-likeness (QED) is 0.779. The molecular formula is C13H17N3O. The minimum Gasteiger partial charge on any atom is -0.336 e. The lowest BCUT2D eigenvalue weighted by Crippen LogP contribution is -2.60. The third kappa shape index (κ3) is 1.72. The number of fused-ring (bicyclic) bond motifs is 1. The molecular weight excluding hydrogens is 214 g/mol. The molecule has 0 spiro atoms. The Balaban J connectivity index is 1.78. The molecule has 1 aromatic rings. The molecule has 1 aliphatic carbocycles. The van der Waals surface area contributed by atoms with Crippen molar-refractivity contribution in [1.82, 2.24) is 9.88 Å². The highest BCUT2D eigenvalue weighted by molar-refractivity contribution is 5.87. The lowest BCUT2D eigenvalue weighted by Gasteiger charge is -2.41. The smallest absolute Gasteiger partial charge is 0.242 e. The Morgan fingerprint density at radius 2 is 2.29 bits per heavy atom. The molecule has 90 valence electrons. The van der Waals surface area contributed by atoms with Crippen molar-refractivity contribution in [3.05, 3.63) is 29.6 Å². The van der Waals surface area contributed by atoms with E-state index < -0.39 is 5.54 Å². The molecule has 0 atom stereocenters. The second-order valence-corrected chi connectivity index (χ2v) is 5.10. The number of pyridine rings is 1. The third-order valence-electron chi connectivity index (χ3n) is 3.92. The van der Waals surface area contributed by atoms with Gasteiger partial charge in [-0.15, -0.1) is 0 Å². The molecule has 1 saturated carbocycles. The Hall–Kier alpha value is -1.42. The number of hydrogen-bond donors (Lipinski definition) is 1. The van der Waals surface area contributed by atoms with Crippen molar-refractivity contribution < 1.29 is 4.79 Å². The van der Waals surface area contributed by atoms with E-state index in [0.717, 1.165) is 43.5 Å². The molecule has 1 aliphatic heterocycles. The summed E-state index contributed by atoms with van der Waals surface area (Å²) in [4.78, 5) is 18.5. The Morgan fingerprint density at radius 3 is 3.00 bits per heavy atom. The Morgan fingerprint density at radius 1 is 1.47 bits per heavy atom. The van der Waals surface area contributed by atoms with Crippen LogP contribution in [0.5, 0.6) is 0 Å². The van der Waals surface area contributed by atoms with Crippen LogP contribution in [0, 0.1) is 0 Å². The molecule has 0 aromatic carbocycles. The minimum atomic E-state index is -0.570. The van der Waals surface area contributed by atoms with Gasteiger partial charge in [0, 0.05) is 31.4 Å². The van der Waals surface area contributed by atoms with Crippen LogP contribution in [0.1, 0.15) is 30.5 Å². The van der Waals surface area contributed by atoms with E-state index in [9.17, 15) is 4.79 Å². The number of carbonyl (C=O) groups is 1. The first-order valence-corrected chi connectivity index (χ1v) is 6.20. The summed E-state index contributed by atoms with van der Waals surface area (Å²) in [5.74, 6) is 0.123.